The highest BCUT2D eigenvalue weighted by molar-refractivity contribution is 7.08. The van der Waals surface area contributed by atoms with Gasteiger partial charge in [0, 0.05) is 31.5 Å². The lowest BCUT2D eigenvalue weighted by atomic mass is 10.0. The molecule has 1 heterocycles. The van der Waals surface area contributed by atoms with Gasteiger partial charge in [0.2, 0.25) is 0 Å². The molecule has 0 N–H and O–H groups in total. The van der Waals surface area contributed by atoms with E-state index < -0.39 is 0 Å². The van der Waals surface area contributed by atoms with Crippen LogP contribution >= 0.6 is 11.3 Å². The Hall–Kier alpha value is -2.40. The van der Waals surface area contributed by atoms with Crippen LogP contribution in [-0.4, -0.2) is 30.5 Å². The van der Waals surface area contributed by atoms with Crippen LogP contribution in [0.5, 0.6) is 0 Å². The van der Waals surface area contributed by atoms with Crippen LogP contribution in [0.3, 0.4) is 0 Å². The molecule has 1 amide bonds. The number of benzene rings is 1. The molecule has 142 valence electrons. The number of ether oxygens (including phenoxy) is 1. The van der Waals surface area contributed by atoms with Gasteiger partial charge in [-0.15, -0.1) is 0 Å². The third kappa shape index (κ3) is 5.07. The van der Waals surface area contributed by atoms with Gasteiger partial charge in [-0.2, -0.15) is 11.3 Å². The van der Waals surface area contributed by atoms with E-state index in [-0.39, 0.29) is 11.7 Å². The largest absolute Gasteiger partial charge is 0.498 e. The maximum Gasteiger partial charge on any atom is 0.254 e. The molecule has 0 radical (unpaired) electrons. The zero-order valence-corrected chi connectivity index (χ0v) is 16.3. The minimum atomic E-state index is -0.102. The molecule has 1 aromatic heterocycles. The molecule has 0 bridgehead atoms. The first-order valence-electron chi connectivity index (χ1n) is 9.28. The van der Waals surface area contributed by atoms with Gasteiger partial charge in [0.15, 0.2) is 0 Å². The number of amides is 1. The molecule has 5 heteroatoms. The van der Waals surface area contributed by atoms with Crippen molar-refractivity contribution in [2.75, 3.05) is 19.7 Å². The Morgan fingerprint density at radius 3 is 2.78 bits per heavy atom. The second-order valence-corrected chi connectivity index (χ2v) is 7.17. The van der Waals surface area contributed by atoms with Gasteiger partial charge in [0.1, 0.15) is 5.83 Å². The van der Waals surface area contributed by atoms with Crippen LogP contribution in [0.1, 0.15) is 36.5 Å². The maximum absolute atomic E-state index is 13.1. The normalized spacial score (nSPS) is 13.7. The zero-order valence-electron chi connectivity index (χ0n) is 15.5. The summed E-state index contributed by atoms with van der Waals surface area (Å²) in [6, 6.07) is 9.79. The fourth-order valence-electron chi connectivity index (χ4n) is 3.08. The molecule has 2 aromatic rings. The predicted molar refractivity (Wildman–Crippen MR) is 108 cm³/mol. The molecule has 3 nitrogen and oxygen atoms in total. The zero-order chi connectivity index (χ0) is 19.1. The second-order valence-electron chi connectivity index (χ2n) is 6.39. The molecule has 1 aliphatic rings. The van der Waals surface area contributed by atoms with Crippen LogP contribution in [0, 0.1) is 0 Å². The monoisotopic (exact) mass is 385 g/mol. The summed E-state index contributed by atoms with van der Waals surface area (Å²) < 4.78 is 18.7. The highest BCUT2D eigenvalue weighted by Gasteiger charge is 2.18. The minimum Gasteiger partial charge on any atom is -0.498 e. The topological polar surface area (TPSA) is 29.5 Å². The first kappa shape index (κ1) is 19.4. The van der Waals surface area contributed by atoms with Crippen molar-refractivity contribution < 1.29 is 13.9 Å². The van der Waals surface area contributed by atoms with Crippen molar-refractivity contribution in [3.8, 4) is 11.1 Å². The van der Waals surface area contributed by atoms with Gasteiger partial charge in [0.25, 0.3) is 5.91 Å². The Morgan fingerprint density at radius 2 is 2.07 bits per heavy atom. The van der Waals surface area contributed by atoms with Gasteiger partial charge in [-0.1, -0.05) is 18.2 Å². The van der Waals surface area contributed by atoms with E-state index in [1.165, 1.54) is 6.08 Å². The Kier molecular flexibility index (Phi) is 6.82. The van der Waals surface area contributed by atoms with Crippen molar-refractivity contribution in [3.63, 3.8) is 0 Å². The lowest BCUT2D eigenvalue weighted by Gasteiger charge is -2.22. The highest BCUT2D eigenvalue weighted by Crippen LogP contribution is 2.27. The number of hydrogen-bond acceptors (Lipinski definition) is 3. The summed E-state index contributed by atoms with van der Waals surface area (Å²) in [6.45, 7) is 3.79. The average molecular weight is 386 g/mol. The van der Waals surface area contributed by atoms with Crippen LogP contribution in [-0.2, 0) is 4.74 Å². The van der Waals surface area contributed by atoms with E-state index in [2.05, 4.69) is 5.38 Å². The second kappa shape index (κ2) is 9.51. The quantitative estimate of drug-likeness (QED) is 0.536. The van der Waals surface area contributed by atoms with E-state index in [1.807, 2.05) is 47.5 Å². The number of thiophene rings is 1. The summed E-state index contributed by atoms with van der Waals surface area (Å²) in [5.74, 6) is 0.754. The summed E-state index contributed by atoms with van der Waals surface area (Å²) in [4.78, 5) is 14.9. The Labute approximate surface area is 163 Å². The van der Waals surface area contributed by atoms with E-state index in [9.17, 15) is 9.18 Å². The molecular formula is C22H24FNO2S. The lowest BCUT2D eigenvalue weighted by Crippen LogP contribution is -2.32. The maximum atomic E-state index is 13.1. The van der Waals surface area contributed by atoms with Gasteiger partial charge in [-0.25, -0.2) is 4.39 Å². The number of carbonyl (C=O) groups excluding carboxylic acids is 1. The first-order chi connectivity index (χ1) is 13.2. The van der Waals surface area contributed by atoms with Gasteiger partial charge in [-0.05, 0) is 59.5 Å². The summed E-state index contributed by atoms with van der Waals surface area (Å²) in [5, 5.41) is 4.08. The average Bonchev–Trinajstić information content (AvgIpc) is 3.24. The third-order valence-corrected chi connectivity index (χ3v) is 5.26. The van der Waals surface area contributed by atoms with Crippen molar-refractivity contribution >= 4 is 17.2 Å². The van der Waals surface area contributed by atoms with E-state index in [4.69, 9.17) is 4.74 Å². The molecule has 0 saturated carbocycles. The SMILES string of the molecule is CCN(CCCOC1=CC=C(F)CC1)C(=O)c1ccccc1-c1ccsc1. The van der Waals surface area contributed by atoms with E-state index in [1.54, 1.807) is 17.4 Å². The fraction of sp³-hybridized carbons (Fsp3) is 0.318. The van der Waals surface area contributed by atoms with Crippen LogP contribution < -0.4 is 0 Å². The molecule has 1 aromatic carbocycles. The van der Waals surface area contributed by atoms with Gasteiger partial charge in [0.05, 0.1) is 12.4 Å². The molecule has 0 aliphatic heterocycles. The Morgan fingerprint density at radius 1 is 1.22 bits per heavy atom. The molecular weight excluding hydrogens is 361 g/mol. The molecule has 0 spiro atoms. The van der Waals surface area contributed by atoms with Crippen LogP contribution in [0.25, 0.3) is 11.1 Å². The van der Waals surface area contributed by atoms with E-state index in [0.717, 1.165) is 28.9 Å². The van der Waals surface area contributed by atoms with Gasteiger partial charge in [-0.3, -0.25) is 4.79 Å². The molecule has 0 saturated heterocycles. The summed E-state index contributed by atoms with van der Waals surface area (Å²) in [6.07, 6.45) is 4.90. The van der Waals surface area contributed by atoms with Gasteiger partial charge < -0.3 is 9.64 Å². The molecule has 1 aliphatic carbocycles. The minimum absolute atomic E-state index is 0.0428. The summed E-state index contributed by atoms with van der Waals surface area (Å²) in [5.41, 5.74) is 2.78. The Bertz CT molecular complexity index is 827. The number of allylic oxidation sites excluding steroid dienone is 4. The van der Waals surface area contributed by atoms with Gasteiger partial charge >= 0.3 is 0 Å². The van der Waals surface area contributed by atoms with Crippen molar-refractivity contribution in [2.24, 2.45) is 0 Å². The molecule has 0 atom stereocenters. The molecule has 3 rings (SSSR count). The number of halogens is 1. The van der Waals surface area contributed by atoms with Crippen molar-refractivity contribution in [2.45, 2.75) is 26.2 Å². The smallest absolute Gasteiger partial charge is 0.254 e. The molecule has 27 heavy (non-hydrogen) atoms. The number of hydrogen-bond donors (Lipinski definition) is 0. The van der Waals surface area contributed by atoms with Crippen molar-refractivity contribution in [1.29, 1.82) is 0 Å². The standard InChI is InChI=1S/C22H24FNO2S/c1-2-24(13-5-14-26-19-10-8-18(23)9-11-19)22(25)21-7-4-3-6-20(21)17-12-15-27-16-17/h3-4,6-8,10,12,15-16H,2,5,9,11,13-14H2,1H3. The third-order valence-electron chi connectivity index (χ3n) is 4.58. The predicted octanol–water partition coefficient (Wildman–Crippen LogP) is 5.82. The number of carbonyl (C=O) groups is 1. The highest BCUT2D eigenvalue weighted by atomic mass is 32.1. The fourth-order valence-corrected chi connectivity index (χ4v) is 3.74. The first-order valence-corrected chi connectivity index (χ1v) is 10.2. The molecule has 0 unspecified atom stereocenters. The van der Waals surface area contributed by atoms with Crippen LogP contribution in [0.4, 0.5) is 4.39 Å². The number of rotatable bonds is 8. The van der Waals surface area contributed by atoms with E-state index in [0.29, 0.717) is 32.5 Å². The van der Waals surface area contributed by atoms with Crippen LogP contribution in [0.2, 0.25) is 0 Å². The van der Waals surface area contributed by atoms with Crippen molar-refractivity contribution in [3.05, 3.63) is 70.4 Å². The lowest BCUT2D eigenvalue weighted by molar-refractivity contribution is 0.0748. The summed E-state index contributed by atoms with van der Waals surface area (Å²) >= 11 is 1.63. The number of nitrogens with zero attached hydrogens (tertiary/aromatic N) is 1. The Balaban J connectivity index is 1.59. The summed E-state index contributed by atoms with van der Waals surface area (Å²) in [7, 11) is 0. The van der Waals surface area contributed by atoms with Crippen LogP contribution in [0.15, 0.2) is 64.8 Å². The van der Waals surface area contributed by atoms with Crippen molar-refractivity contribution in [1.82, 2.24) is 4.90 Å². The van der Waals surface area contributed by atoms with E-state index >= 15 is 0 Å². The molecule has 0 fully saturated rings.